The minimum atomic E-state index is -4.77. The zero-order valence-electron chi connectivity index (χ0n) is 15.2. The lowest BCUT2D eigenvalue weighted by atomic mass is 10.0. The lowest BCUT2D eigenvalue weighted by Crippen LogP contribution is -2.46. The van der Waals surface area contributed by atoms with Gasteiger partial charge in [-0.15, -0.1) is 11.3 Å². The Morgan fingerprint density at radius 2 is 1.79 bits per heavy atom. The summed E-state index contributed by atoms with van der Waals surface area (Å²) in [7, 11) is 0. The first-order chi connectivity index (χ1) is 13.7. The number of fused-ring (bicyclic) bond motifs is 1. The summed E-state index contributed by atoms with van der Waals surface area (Å²) >= 11 is 1.51. The van der Waals surface area contributed by atoms with Crippen molar-refractivity contribution in [2.24, 2.45) is 0 Å². The number of thiazole rings is 1. The number of alkyl halides is 3. The Balaban J connectivity index is 1.56. The summed E-state index contributed by atoms with van der Waals surface area (Å²) < 4.78 is 39.0. The first-order valence-electron chi connectivity index (χ1n) is 9.08. The van der Waals surface area contributed by atoms with Crippen molar-refractivity contribution in [2.75, 3.05) is 19.8 Å². The Kier molecular flexibility index (Phi) is 5.03. The van der Waals surface area contributed by atoms with E-state index in [1.165, 1.54) is 11.3 Å². The molecule has 4 rings (SSSR count). The number of nitrogens with zero attached hydrogens (tertiary/aromatic N) is 4. The number of amides is 4. The maximum absolute atomic E-state index is 12.7. The number of piperidine rings is 1. The van der Waals surface area contributed by atoms with Crippen LogP contribution in [0.3, 0.4) is 0 Å². The van der Waals surface area contributed by atoms with Crippen molar-refractivity contribution in [3.8, 4) is 0 Å². The van der Waals surface area contributed by atoms with Crippen LogP contribution in [-0.2, 0) is 9.59 Å². The molecule has 0 saturated carbocycles. The van der Waals surface area contributed by atoms with E-state index in [9.17, 15) is 27.6 Å². The quantitative estimate of drug-likeness (QED) is 0.555. The first kappa shape index (κ1) is 19.8. The number of urea groups is 1. The van der Waals surface area contributed by atoms with Crippen LogP contribution in [-0.4, -0.2) is 63.5 Å². The number of carbonyl (C=O) groups excluding carboxylic acids is 3. The number of imide groups is 2. The molecular formula is C18H17F3N4O3S. The summed E-state index contributed by atoms with van der Waals surface area (Å²) in [4.78, 5) is 43.4. The molecule has 2 aliphatic heterocycles. The number of carbonyl (C=O) groups is 3. The molecular weight excluding hydrogens is 409 g/mol. The monoisotopic (exact) mass is 426 g/mol. The summed E-state index contributed by atoms with van der Waals surface area (Å²) in [5.74, 6) is -2.67. The van der Waals surface area contributed by atoms with Gasteiger partial charge in [-0.1, -0.05) is 18.6 Å². The van der Waals surface area contributed by atoms with E-state index in [0.717, 1.165) is 34.5 Å². The molecule has 1 atom stereocenters. The molecule has 29 heavy (non-hydrogen) atoms. The molecule has 1 aromatic heterocycles. The van der Waals surface area contributed by atoms with E-state index in [-0.39, 0.29) is 17.6 Å². The van der Waals surface area contributed by atoms with Crippen molar-refractivity contribution in [3.63, 3.8) is 0 Å². The summed E-state index contributed by atoms with van der Waals surface area (Å²) in [6.07, 6.45) is -2.28. The molecule has 0 radical (unpaired) electrons. The fourth-order valence-electron chi connectivity index (χ4n) is 3.65. The van der Waals surface area contributed by atoms with Crippen LogP contribution in [0.2, 0.25) is 0 Å². The lowest BCUT2D eigenvalue weighted by molar-refractivity contribution is -0.156. The van der Waals surface area contributed by atoms with Crippen LogP contribution < -0.4 is 0 Å². The maximum atomic E-state index is 12.7. The van der Waals surface area contributed by atoms with E-state index in [0.29, 0.717) is 11.4 Å². The first-order valence-corrected chi connectivity index (χ1v) is 9.90. The highest BCUT2D eigenvalue weighted by Gasteiger charge is 2.49. The van der Waals surface area contributed by atoms with Crippen LogP contribution in [0.4, 0.5) is 18.0 Å². The maximum Gasteiger partial charge on any atom is 0.406 e. The molecule has 2 saturated heterocycles. The molecule has 4 amide bonds. The Morgan fingerprint density at radius 3 is 2.52 bits per heavy atom. The zero-order chi connectivity index (χ0) is 20.8. The third-order valence-electron chi connectivity index (χ3n) is 5.00. The molecule has 0 N–H and O–H groups in total. The molecule has 0 spiro atoms. The predicted molar refractivity (Wildman–Crippen MR) is 97.8 cm³/mol. The van der Waals surface area contributed by atoms with Crippen LogP contribution in [0, 0.1) is 0 Å². The van der Waals surface area contributed by atoms with E-state index >= 15 is 0 Å². The molecule has 11 heteroatoms. The third-order valence-corrected chi connectivity index (χ3v) is 6.14. The number of benzene rings is 1. The zero-order valence-corrected chi connectivity index (χ0v) is 16.0. The van der Waals surface area contributed by atoms with Crippen molar-refractivity contribution < 1.29 is 27.6 Å². The fraction of sp³-hybridized carbons (Fsp3) is 0.444. The van der Waals surface area contributed by atoms with Gasteiger partial charge in [0.15, 0.2) is 0 Å². The van der Waals surface area contributed by atoms with Gasteiger partial charge in [-0.25, -0.2) is 19.6 Å². The normalized spacial score (nSPS) is 21.6. The van der Waals surface area contributed by atoms with Crippen molar-refractivity contribution in [2.45, 2.75) is 31.5 Å². The van der Waals surface area contributed by atoms with Crippen LogP contribution in [0.5, 0.6) is 0 Å². The SMILES string of the molecule is O=C1C(=O)N(CC(F)(F)F)C(=O)N1CN1CCCCC1c1nc2ccccc2s1. The standard InChI is InChI=1S/C18H17F3N4O3S/c19-18(20,21)9-24-15(26)16(27)25(17(24)28)10-23-8-4-3-6-12(23)14-22-11-5-1-2-7-13(11)29-14/h1-2,5,7,12H,3-4,6,8-10H2. The predicted octanol–water partition coefficient (Wildman–Crippen LogP) is 3.13. The largest absolute Gasteiger partial charge is 0.406 e. The van der Waals surface area contributed by atoms with Gasteiger partial charge in [0, 0.05) is 6.54 Å². The lowest BCUT2D eigenvalue weighted by Gasteiger charge is -2.36. The number of para-hydroxylation sites is 1. The van der Waals surface area contributed by atoms with Gasteiger partial charge in [0.25, 0.3) is 0 Å². The summed E-state index contributed by atoms with van der Waals surface area (Å²) in [6, 6.07) is 6.23. The fourth-order valence-corrected chi connectivity index (χ4v) is 4.79. The number of hydrogen-bond donors (Lipinski definition) is 0. The van der Waals surface area contributed by atoms with Gasteiger partial charge in [-0.2, -0.15) is 13.2 Å². The minimum Gasteiger partial charge on any atom is -0.276 e. The van der Waals surface area contributed by atoms with Gasteiger partial charge in [0.2, 0.25) is 0 Å². The van der Waals surface area contributed by atoms with E-state index < -0.39 is 30.6 Å². The van der Waals surface area contributed by atoms with Gasteiger partial charge in [-0.05, 0) is 25.0 Å². The second-order valence-corrected chi connectivity index (χ2v) is 8.07. The highest BCUT2D eigenvalue weighted by Crippen LogP contribution is 2.36. The Labute approximate surface area is 167 Å². The van der Waals surface area contributed by atoms with Gasteiger partial charge in [-0.3, -0.25) is 14.5 Å². The average Bonchev–Trinajstić information content (AvgIpc) is 3.19. The van der Waals surface area contributed by atoms with Crippen LogP contribution in [0.25, 0.3) is 10.2 Å². The van der Waals surface area contributed by atoms with Crippen LogP contribution in [0.1, 0.15) is 30.3 Å². The number of rotatable bonds is 4. The molecule has 2 aromatic rings. The third kappa shape index (κ3) is 3.84. The van der Waals surface area contributed by atoms with Crippen molar-refractivity contribution in [1.82, 2.24) is 19.7 Å². The average molecular weight is 426 g/mol. The van der Waals surface area contributed by atoms with Gasteiger partial charge in [0.05, 0.1) is 22.9 Å². The van der Waals surface area contributed by atoms with Crippen molar-refractivity contribution >= 4 is 39.4 Å². The Morgan fingerprint density at radius 1 is 1.07 bits per heavy atom. The Bertz CT molecular complexity index is 944. The molecule has 2 aliphatic rings. The molecule has 2 fully saturated rings. The number of halogens is 3. The molecule has 1 aromatic carbocycles. The van der Waals surface area contributed by atoms with E-state index in [2.05, 4.69) is 4.98 Å². The molecule has 1 unspecified atom stereocenters. The number of aromatic nitrogens is 1. The molecule has 154 valence electrons. The number of hydrogen-bond acceptors (Lipinski definition) is 6. The van der Waals surface area contributed by atoms with E-state index in [4.69, 9.17) is 0 Å². The molecule has 3 heterocycles. The smallest absolute Gasteiger partial charge is 0.276 e. The summed E-state index contributed by atoms with van der Waals surface area (Å²) in [5, 5.41) is 0.823. The van der Waals surface area contributed by atoms with Crippen LogP contribution in [0.15, 0.2) is 24.3 Å². The van der Waals surface area contributed by atoms with Crippen molar-refractivity contribution in [1.29, 1.82) is 0 Å². The van der Waals surface area contributed by atoms with E-state index in [1.54, 1.807) is 0 Å². The summed E-state index contributed by atoms with van der Waals surface area (Å²) in [5.41, 5.74) is 0.845. The molecule has 7 nitrogen and oxygen atoms in total. The van der Waals surface area contributed by atoms with Crippen LogP contribution >= 0.6 is 11.3 Å². The Hall–Kier alpha value is -2.53. The second kappa shape index (κ2) is 7.38. The van der Waals surface area contributed by atoms with Crippen molar-refractivity contribution in [3.05, 3.63) is 29.3 Å². The molecule has 0 bridgehead atoms. The van der Waals surface area contributed by atoms with Gasteiger partial charge < -0.3 is 0 Å². The highest BCUT2D eigenvalue weighted by atomic mass is 32.1. The van der Waals surface area contributed by atoms with Gasteiger partial charge in [0.1, 0.15) is 11.6 Å². The topological polar surface area (TPSA) is 73.8 Å². The van der Waals surface area contributed by atoms with Gasteiger partial charge >= 0.3 is 24.0 Å². The summed E-state index contributed by atoms with van der Waals surface area (Å²) in [6.45, 7) is -1.46. The minimum absolute atomic E-state index is 0.0427. The van der Waals surface area contributed by atoms with E-state index in [1.807, 2.05) is 29.2 Å². The number of likely N-dealkylation sites (tertiary alicyclic amines) is 1. The second-order valence-electron chi connectivity index (χ2n) is 7.01. The highest BCUT2D eigenvalue weighted by molar-refractivity contribution is 7.18. The molecule has 0 aliphatic carbocycles.